The highest BCUT2D eigenvalue weighted by molar-refractivity contribution is 6.18. The van der Waals surface area contributed by atoms with Crippen LogP contribution in [0.15, 0.2) is 24.3 Å². The first-order valence-electron chi connectivity index (χ1n) is 5.20. The summed E-state index contributed by atoms with van der Waals surface area (Å²) >= 11 is 11.4. The number of hydrazine groups is 1. The van der Waals surface area contributed by atoms with E-state index in [-0.39, 0.29) is 5.91 Å². The van der Waals surface area contributed by atoms with Crippen molar-refractivity contribution < 1.29 is 4.79 Å². The summed E-state index contributed by atoms with van der Waals surface area (Å²) in [6.45, 7) is 1.44. The van der Waals surface area contributed by atoms with E-state index in [0.717, 1.165) is 18.8 Å². The maximum absolute atomic E-state index is 11.3. The Morgan fingerprint density at radius 1 is 1.18 bits per heavy atom. The topological polar surface area (TPSA) is 58.4 Å². The molecule has 0 radical (unpaired) electrons. The number of hydrogen-bond acceptors (Lipinski definition) is 3. The molecule has 0 fully saturated rings. The highest BCUT2D eigenvalue weighted by Crippen LogP contribution is 2.15. The van der Waals surface area contributed by atoms with Gasteiger partial charge in [-0.25, -0.2) is 5.84 Å². The molecule has 4 nitrogen and oxygen atoms in total. The molecule has 0 aromatic heterocycles. The first-order chi connectivity index (χ1) is 8.22. The van der Waals surface area contributed by atoms with Crippen molar-refractivity contribution in [3.8, 4) is 0 Å². The molecule has 0 unspecified atom stereocenters. The largest absolute Gasteiger partial charge is 0.369 e. The minimum absolute atomic E-state index is 0.308. The Labute approximate surface area is 111 Å². The van der Waals surface area contributed by atoms with Crippen molar-refractivity contribution in [1.82, 2.24) is 5.43 Å². The molecule has 0 heterocycles. The molecule has 1 aromatic rings. The number of nitrogen functional groups attached to an aromatic ring is 1. The second-order valence-electron chi connectivity index (χ2n) is 3.39. The van der Waals surface area contributed by atoms with Crippen LogP contribution < -0.4 is 16.2 Å². The molecule has 0 spiro atoms. The maximum Gasteiger partial charge on any atom is 0.265 e. The second kappa shape index (κ2) is 7.37. The normalized spacial score (nSPS) is 10.1. The van der Waals surface area contributed by atoms with E-state index in [1.54, 1.807) is 12.1 Å². The van der Waals surface area contributed by atoms with Crippen LogP contribution >= 0.6 is 23.2 Å². The zero-order chi connectivity index (χ0) is 12.7. The fourth-order valence-electron chi connectivity index (χ4n) is 1.48. The van der Waals surface area contributed by atoms with Crippen LogP contribution in [-0.4, -0.2) is 30.8 Å². The molecule has 0 saturated carbocycles. The van der Waals surface area contributed by atoms with Gasteiger partial charge in [0.2, 0.25) is 0 Å². The van der Waals surface area contributed by atoms with Crippen molar-refractivity contribution in [2.24, 2.45) is 5.84 Å². The van der Waals surface area contributed by atoms with Crippen LogP contribution in [0.4, 0.5) is 5.69 Å². The lowest BCUT2D eigenvalue weighted by Crippen LogP contribution is -2.30. The monoisotopic (exact) mass is 275 g/mol. The fraction of sp³-hybridized carbons (Fsp3) is 0.364. The first kappa shape index (κ1) is 14.1. The van der Waals surface area contributed by atoms with Gasteiger partial charge in [0.1, 0.15) is 0 Å². The molecular formula is C11H15Cl2N3O. The van der Waals surface area contributed by atoms with E-state index < -0.39 is 0 Å². The highest BCUT2D eigenvalue weighted by atomic mass is 35.5. The average Bonchev–Trinajstić information content (AvgIpc) is 2.38. The zero-order valence-electron chi connectivity index (χ0n) is 9.33. The lowest BCUT2D eigenvalue weighted by molar-refractivity contribution is 0.0953. The van der Waals surface area contributed by atoms with Crippen LogP contribution in [0.3, 0.4) is 0 Å². The third-order valence-corrected chi connectivity index (χ3v) is 2.67. The van der Waals surface area contributed by atoms with Crippen LogP contribution in [0, 0.1) is 0 Å². The van der Waals surface area contributed by atoms with Gasteiger partial charge in [-0.15, -0.1) is 23.2 Å². The van der Waals surface area contributed by atoms with Crippen molar-refractivity contribution in [1.29, 1.82) is 0 Å². The first-order valence-corrected chi connectivity index (χ1v) is 6.27. The van der Waals surface area contributed by atoms with E-state index in [4.69, 9.17) is 29.0 Å². The summed E-state index contributed by atoms with van der Waals surface area (Å²) in [5.41, 5.74) is 3.59. The summed E-state index contributed by atoms with van der Waals surface area (Å²) < 4.78 is 0. The number of alkyl halides is 2. The van der Waals surface area contributed by atoms with Crippen LogP contribution in [-0.2, 0) is 0 Å². The Bertz CT molecular complexity index is 350. The van der Waals surface area contributed by atoms with Crippen molar-refractivity contribution in [3.63, 3.8) is 0 Å². The van der Waals surface area contributed by atoms with Gasteiger partial charge in [-0.2, -0.15) is 0 Å². The average molecular weight is 276 g/mol. The highest BCUT2D eigenvalue weighted by Gasteiger charge is 2.07. The van der Waals surface area contributed by atoms with E-state index >= 15 is 0 Å². The number of hydrogen-bond donors (Lipinski definition) is 2. The summed E-state index contributed by atoms with van der Waals surface area (Å²) in [6, 6.07) is 7.13. The van der Waals surface area contributed by atoms with Crippen LogP contribution in [0.5, 0.6) is 0 Å². The van der Waals surface area contributed by atoms with Crippen molar-refractivity contribution in [2.45, 2.75) is 0 Å². The number of rotatable bonds is 6. The molecule has 0 saturated heterocycles. The number of carbonyl (C=O) groups is 1. The van der Waals surface area contributed by atoms with Gasteiger partial charge in [0.05, 0.1) is 0 Å². The number of halogens is 2. The number of carbonyl (C=O) groups excluding carboxylic acids is 1. The standard InChI is InChI=1S/C11H15Cl2N3O/c12-5-7-16(8-6-13)10-3-1-9(2-4-10)11(17)15-14/h1-4H,5-8,14H2,(H,15,17). The van der Waals surface area contributed by atoms with Gasteiger partial charge < -0.3 is 4.90 Å². The number of benzene rings is 1. The third-order valence-electron chi connectivity index (χ3n) is 2.33. The van der Waals surface area contributed by atoms with Crippen LogP contribution in [0.2, 0.25) is 0 Å². The summed E-state index contributed by atoms with van der Waals surface area (Å²) in [4.78, 5) is 13.3. The summed E-state index contributed by atoms with van der Waals surface area (Å²) in [5.74, 6) is 5.80. The van der Waals surface area contributed by atoms with Crippen molar-refractivity contribution in [2.75, 3.05) is 29.7 Å². The molecule has 17 heavy (non-hydrogen) atoms. The molecule has 0 bridgehead atoms. The van der Waals surface area contributed by atoms with Crippen molar-refractivity contribution in [3.05, 3.63) is 29.8 Å². The molecular weight excluding hydrogens is 261 g/mol. The molecule has 0 aliphatic heterocycles. The number of nitrogens with zero attached hydrogens (tertiary/aromatic N) is 1. The van der Waals surface area contributed by atoms with Crippen LogP contribution in [0.25, 0.3) is 0 Å². The second-order valence-corrected chi connectivity index (χ2v) is 4.14. The van der Waals surface area contributed by atoms with E-state index in [0.29, 0.717) is 17.3 Å². The minimum Gasteiger partial charge on any atom is -0.369 e. The number of nitrogens with one attached hydrogen (secondary N) is 1. The number of anilines is 1. The quantitative estimate of drug-likeness (QED) is 0.359. The smallest absolute Gasteiger partial charge is 0.265 e. The molecule has 3 N–H and O–H groups in total. The third kappa shape index (κ3) is 4.07. The van der Waals surface area contributed by atoms with Gasteiger partial charge >= 0.3 is 0 Å². The van der Waals surface area contributed by atoms with Crippen molar-refractivity contribution >= 4 is 34.8 Å². The zero-order valence-corrected chi connectivity index (χ0v) is 10.8. The molecule has 0 atom stereocenters. The fourth-order valence-corrected chi connectivity index (χ4v) is 1.89. The lowest BCUT2D eigenvalue weighted by atomic mass is 10.2. The van der Waals surface area contributed by atoms with E-state index in [1.807, 2.05) is 12.1 Å². The molecule has 1 aromatic carbocycles. The Hall–Kier alpha value is -0.970. The van der Waals surface area contributed by atoms with Gasteiger partial charge in [0, 0.05) is 36.1 Å². The Morgan fingerprint density at radius 3 is 2.12 bits per heavy atom. The Kier molecular flexibility index (Phi) is 6.11. The van der Waals surface area contributed by atoms with E-state index in [9.17, 15) is 4.79 Å². The molecule has 1 amide bonds. The molecule has 0 aliphatic rings. The van der Waals surface area contributed by atoms with Gasteiger partial charge in [-0.05, 0) is 24.3 Å². The van der Waals surface area contributed by atoms with Gasteiger partial charge in [0.25, 0.3) is 5.91 Å². The molecule has 1 rings (SSSR count). The van der Waals surface area contributed by atoms with Crippen LogP contribution in [0.1, 0.15) is 10.4 Å². The Balaban J connectivity index is 2.80. The summed E-state index contributed by atoms with van der Waals surface area (Å²) in [7, 11) is 0. The summed E-state index contributed by atoms with van der Waals surface area (Å²) in [5, 5.41) is 0. The molecule has 94 valence electrons. The lowest BCUT2D eigenvalue weighted by Gasteiger charge is -2.22. The van der Waals surface area contributed by atoms with Gasteiger partial charge in [-0.3, -0.25) is 10.2 Å². The number of nitrogens with two attached hydrogens (primary N) is 1. The molecule has 6 heteroatoms. The maximum atomic E-state index is 11.3. The predicted molar refractivity (Wildman–Crippen MR) is 71.7 cm³/mol. The molecule has 0 aliphatic carbocycles. The van der Waals surface area contributed by atoms with E-state index in [1.165, 1.54) is 0 Å². The minimum atomic E-state index is -0.308. The van der Waals surface area contributed by atoms with Gasteiger partial charge in [-0.1, -0.05) is 0 Å². The predicted octanol–water partition coefficient (Wildman–Crippen LogP) is 1.57. The number of amides is 1. The van der Waals surface area contributed by atoms with E-state index in [2.05, 4.69) is 10.3 Å². The SMILES string of the molecule is NNC(=O)c1ccc(N(CCCl)CCCl)cc1. The summed E-state index contributed by atoms with van der Waals surface area (Å²) in [6.07, 6.45) is 0. The Morgan fingerprint density at radius 2 is 1.71 bits per heavy atom. The van der Waals surface area contributed by atoms with Gasteiger partial charge in [0.15, 0.2) is 0 Å².